The molecule has 1 aromatic rings. The normalized spacial score (nSPS) is 22.7. The van der Waals surface area contributed by atoms with Crippen molar-refractivity contribution in [1.82, 2.24) is 9.36 Å². The first-order valence-corrected chi connectivity index (χ1v) is 6.05. The highest BCUT2D eigenvalue weighted by atomic mass is 32.1. The van der Waals surface area contributed by atoms with Gasteiger partial charge in [-0.25, -0.2) is 0 Å². The zero-order valence-corrected chi connectivity index (χ0v) is 9.41. The molecular formula is C9H16N4OS. The predicted molar refractivity (Wildman–Crippen MR) is 61.0 cm³/mol. The van der Waals surface area contributed by atoms with Crippen molar-refractivity contribution in [3.8, 4) is 0 Å². The lowest BCUT2D eigenvalue weighted by Gasteiger charge is -2.27. The molecule has 0 radical (unpaired) electrons. The maximum atomic E-state index is 9.34. The van der Waals surface area contributed by atoms with Crippen LogP contribution in [0.15, 0.2) is 0 Å². The van der Waals surface area contributed by atoms with Crippen LogP contribution in [-0.2, 0) is 0 Å². The van der Waals surface area contributed by atoms with E-state index >= 15 is 0 Å². The molecule has 0 aliphatic carbocycles. The van der Waals surface area contributed by atoms with Crippen LogP contribution in [-0.4, -0.2) is 33.7 Å². The molecule has 1 saturated heterocycles. The molecule has 0 amide bonds. The monoisotopic (exact) mass is 228 g/mol. The Balaban J connectivity index is 2.16. The van der Waals surface area contributed by atoms with Crippen molar-refractivity contribution < 1.29 is 5.11 Å². The van der Waals surface area contributed by atoms with Crippen molar-refractivity contribution >= 4 is 22.6 Å². The smallest absolute Gasteiger partial charge is 0.233 e. The molecule has 2 rings (SSSR count). The molecule has 1 unspecified atom stereocenters. The van der Waals surface area contributed by atoms with Crippen LogP contribution >= 0.6 is 11.5 Å². The summed E-state index contributed by atoms with van der Waals surface area (Å²) in [6, 6.07) is 0.180. The summed E-state index contributed by atoms with van der Waals surface area (Å²) < 4.78 is 3.98. The van der Waals surface area contributed by atoms with E-state index in [2.05, 4.69) is 14.3 Å². The summed E-state index contributed by atoms with van der Waals surface area (Å²) in [4.78, 5) is 6.31. The highest BCUT2D eigenvalue weighted by Crippen LogP contribution is 2.25. The van der Waals surface area contributed by atoms with Crippen molar-refractivity contribution in [2.75, 3.05) is 23.8 Å². The Morgan fingerprint density at radius 3 is 3.00 bits per heavy atom. The van der Waals surface area contributed by atoms with Gasteiger partial charge in [0.25, 0.3) is 0 Å². The van der Waals surface area contributed by atoms with E-state index in [1.165, 1.54) is 24.4 Å². The largest absolute Gasteiger partial charge is 0.394 e. The molecule has 1 atom stereocenters. The van der Waals surface area contributed by atoms with Gasteiger partial charge in [0, 0.05) is 18.1 Å². The molecule has 1 aliphatic rings. The lowest BCUT2D eigenvalue weighted by atomic mass is 10.1. The van der Waals surface area contributed by atoms with Gasteiger partial charge in [-0.1, -0.05) is 12.8 Å². The molecule has 1 aliphatic heterocycles. The Morgan fingerprint density at radius 1 is 1.47 bits per heavy atom. The lowest BCUT2D eigenvalue weighted by Crippen LogP contribution is -2.37. The summed E-state index contributed by atoms with van der Waals surface area (Å²) >= 11 is 1.31. The molecule has 5 nitrogen and oxygen atoms in total. The summed E-state index contributed by atoms with van der Waals surface area (Å²) in [7, 11) is 0. The fourth-order valence-corrected chi connectivity index (χ4v) is 2.66. The standard InChI is InChI=1S/C9H16N4OS/c10-8-11-9(15-12-8)13-5-3-1-2-4-7(13)6-14/h7,14H,1-6H2,(H2,10,12). The third-order valence-corrected chi connectivity index (χ3v) is 3.53. The van der Waals surface area contributed by atoms with Gasteiger partial charge < -0.3 is 15.7 Å². The summed E-state index contributed by atoms with van der Waals surface area (Å²) in [5.74, 6) is 0.330. The summed E-state index contributed by atoms with van der Waals surface area (Å²) in [5.41, 5.74) is 5.51. The second-order valence-electron chi connectivity index (χ2n) is 3.81. The van der Waals surface area contributed by atoms with Gasteiger partial charge >= 0.3 is 0 Å². The number of anilines is 2. The Labute approximate surface area is 93.1 Å². The zero-order chi connectivity index (χ0) is 10.7. The van der Waals surface area contributed by atoms with E-state index in [4.69, 9.17) is 5.73 Å². The van der Waals surface area contributed by atoms with Crippen molar-refractivity contribution in [2.24, 2.45) is 0 Å². The number of nitrogen functional groups attached to an aromatic ring is 1. The molecule has 0 bridgehead atoms. The Kier molecular flexibility index (Phi) is 3.37. The fourth-order valence-electron chi connectivity index (χ4n) is 1.96. The van der Waals surface area contributed by atoms with Crippen molar-refractivity contribution in [3.05, 3.63) is 0 Å². The van der Waals surface area contributed by atoms with E-state index in [-0.39, 0.29) is 12.6 Å². The molecule has 15 heavy (non-hydrogen) atoms. The molecule has 0 saturated carbocycles. The minimum atomic E-state index is 0.180. The Morgan fingerprint density at radius 2 is 2.33 bits per heavy atom. The van der Waals surface area contributed by atoms with Crippen molar-refractivity contribution in [2.45, 2.75) is 31.7 Å². The van der Waals surface area contributed by atoms with Crippen LogP contribution in [0.5, 0.6) is 0 Å². The predicted octanol–water partition coefficient (Wildman–Crippen LogP) is 0.862. The van der Waals surface area contributed by atoms with Crippen LogP contribution in [0.4, 0.5) is 11.1 Å². The van der Waals surface area contributed by atoms with Gasteiger partial charge in [-0.15, -0.1) is 0 Å². The first-order chi connectivity index (χ1) is 7.31. The van der Waals surface area contributed by atoms with E-state index in [9.17, 15) is 5.11 Å². The average Bonchev–Trinajstić information content (AvgIpc) is 2.54. The molecule has 0 aromatic carbocycles. The van der Waals surface area contributed by atoms with E-state index in [1.54, 1.807) is 0 Å². The molecule has 6 heteroatoms. The van der Waals surface area contributed by atoms with E-state index in [0.29, 0.717) is 5.95 Å². The summed E-state index contributed by atoms with van der Waals surface area (Å²) in [6.07, 6.45) is 4.57. The summed E-state index contributed by atoms with van der Waals surface area (Å²) in [6.45, 7) is 1.12. The van der Waals surface area contributed by atoms with Crippen LogP contribution in [0.25, 0.3) is 0 Å². The number of aliphatic hydroxyl groups excluding tert-OH is 1. The minimum absolute atomic E-state index is 0.180. The Hall–Kier alpha value is -0.880. The zero-order valence-electron chi connectivity index (χ0n) is 8.59. The van der Waals surface area contributed by atoms with Gasteiger partial charge in [-0.05, 0) is 12.8 Å². The van der Waals surface area contributed by atoms with Gasteiger partial charge in [0.1, 0.15) is 0 Å². The maximum Gasteiger partial charge on any atom is 0.233 e. The second-order valence-corrected chi connectivity index (χ2v) is 4.54. The number of hydrogen-bond donors (Lipinski definition) is 2. The van der Waals surface area contributed by atoms with Crippen LogP contribution in [0.1, 0.15) is 25.7 Å². The quantitative estimate of drug-likeness (QED) is 0.785. The fraction of sp³-hybridized carbons (Fsp3) is 0.778. The number of rotatable bonds is 2. The minimum Gasteiger partial charge on any atom is -0.394 e. The Bertz CT molecular complexity index is 317. The summed E-state index contributed by atoms with van der Waals surface area (Å²) in [5, 5.41) is 10.2. The first-order valence-electron chi connectivity index (χ1n) is 5.28. The van der Waals surface area contributed by atoms with Gasteiger partial charge in [-0.2, -0.15) is 9.36 Å². The third kappa shape index (κ3) is 2.38. The van der Waals surface area contributed by atoms with Gasteiger partial charge in [-0.3, -0.25) is 0 Å². The van der Waals surface area contributed by atoms with E-state index in [0.717, 1.165) is 24.5 Å². The first kappa shape index (κ1) is 10.6. The van der Waals surface area contributed by atoms with Gasteiger partial charge in [0.05, 0.1) is 12.6 Å². The SMILES string of the molecule is Nc1nsc(N2CCCCCC2CO)n1. The third-order valence-electron chi connectivity index (χ3n) is 2.76. The average molecular weight is 228 g/mol. The van der Waals surface area contributed by atoms with Crippen LogP contribution in [0.2, 0.25) is 0 Å². The molecule has 1 fully saturated rings. The second kappa shape index (κ2) is 4.76. The van der Waals surface area contributed by atoms with Crippen molar-refractivity contribution in [3.63, 3.8) is 0 Å². The number of aromatic nitrogens is 2. The molecule has 2 heterocycles. The number of hydrogen-bond acceptors (Lipinski definition) is 6. The maximum absolute atomic E-state index is 9.34. The highest BCUT2D eigenvalue weighted by Gasteiger charge is 2.23. The van der Waals surface area contributed by atoms with Crippen LogP contribution < -0.4 is 10.6 Å². The van der Waals surface area contributed by atoms with Crippen molar-refractivity contribution in [1.29, 1.82) is 0 Å². The molecule has 3 N–H and O–H groups in total. The molecule has 84 valence electrons. The molecular weight excluding hydrogens is 212 g/mol. The van der Waals surface area contributed by atoms with Gasteiger partial charge in [0.15, 0.2) is 0 Å². The van der Waals surface area contributed by atoms with Crippen LogP contribution in [0.3, 0.4) is 0 Å². The molecule has 0 spiro atoms. The van der Waals surface area contributed by atoms with E-state index < -0.39 is 0 Å². The number of aliphatic hydroxyl groups is 1. The lowest BCUT2D eigenvalue weighted by molar-refractivity contribution is 0.255. The highest BCUT2D eigenvalue weighted by molar-refractivity contribution is 7.09. The topological polar surface area (TPSA) is 75.3 Å². The number of nitrogens with two attached hydrogens (primary N) is 1. The van der Waals surface area contributed by atoms with Crippen LogP contribution in [0, 0.1) is 0 Å². The van der Waals surface area contributed by atoms with Gasteiger partial charge in [0.2, 0.25) is 11.1 Å². The number of nitrogens with zero attached hydrogens (tertiary/aromatic N) is 3. The molecule has 1 aromatic heterocycles. The van der Waals surface area contributed by atoms with E-state index in [1.807, 2.05) is 0 Å².